The van der Waals surface area contributed by atoms with E-state index in [1.54, 1.807) is 12.1 Å². The van der Waals surface area contributed by atoms with Gasteiger partial charge < -0.3 is 29.9 Å². The molecule has 0 bridgehead atoms. The molecule has 2 atom stereocenters. The quantitative estimate of drug-likeness (QED) is 0.560. The normalized spacial score (nSPS) is 13.8. The molecule has 0 radical (unpaired) electrons. The first-order valence-electron chi connectivity index (χ1n) is 7.01. The molecule has 0 aliphatic rings. The molecule has 0 aromatic heterocycles. The van der Waals surface area contributed by atoms with E-state index in [0.29, 0.717) is 11.5 Å². The zero-order valence-electron chi connectivity index (χ0n) is 12.1. The van der Waals surface area contributed by atoms with Crippen LogP contribution in [0.15, 0.2) is 36.4 Å². The van der Waals surface area contributed by atoms with Crippen molar-refractivity contribution in [1.82, 2.24) is 0 Å². The molecule has 120 valence electrons. The number of ether oxygens (including phenoxy) is 2. The Kier molecular flexibility index (Phi) is 5.97. The second-order valence-electron chi connectivity index (χ2n) is 4.90. The van der Waals surface area contributed by atoms with Crippen molar-refractivity contribution >= 4 is 10.8 Å². The predicted molar refractivity (Wildman–Crippen MR) is 81.1 cm³/mol. The molecule has 2 aromatic carbocycles. The molecule has 2 unspecified atom stereocenters. The highest BCUT2D eigenvalue weighted by Gasteiger charge is 2.11. The monoisotopic (exact) mass is 308 g/mol. The fourth-order valence-electron chi connectivity index (χ4n) is 1.97. The van der Waals surface area contributed by atoms with E-state index in [-0.39, 0.29) is 26.4 Å². The van der Waals surface area contributed by atoms with Gasteiger partial charge in [-0.1, -0.05) is 24.3 Å². The number of fused-ring (bicyclic) bond motifs is 1. The Bertz CT molecular complexity index is 548. The second-order valence-corrected chi connectivity index (χ2v) is 4.90. The van der Waals surface area contributed by atoms with Crippen LogP contribution in [0, 0.1) is 0 Å². The van der Waals surface area contributed by atoms with E-state index < -0.39 is 12.2 Å². The van der Waals surface area contributed by atoms with Gasteiger partial charge in [-0.3, -0.25) is 0 Å². The molecule has 0 fully saturated rings. The molecular weight excluding hydrogens is 288 g/mol. The molecule has 0 amide bonds. The van der Waals surface area contributed by atoms with E-state index in [0.717, 1.165) is 10.8 Å². The average molecular weight is 308 g/mol. The number of rotatable bonds is 8. The van der Waals surface area contributed by atoms with Crippen LogP contribution in [0.4, 0.5) is 0 Å². The molecule has 22 heavy (non-hydrogen) atoms. The van der Waals surface area contributed by atoms with Crippen molar-refractivity contribution in [2.75, 3.05) is 26.4 Å². The largest absolute Gasteiger partial charge is 0.490 e. The summed E-state index contributed by atoms with van der Waals surface area (Å²) < 4.78 is 11.0. The highest BCUT2D eigenvalue weighted by molar-refractivity contribution is 5.93. The summed E-state index contributed by atoms with van der Waals surface area (Å²) in [5.74, 6) is 1.14. The Morgan fingerprint density at radius 1 is 0.727 bits per heavy atom. The van der Waals surface area contributed by atoms with Gasteiger partial charge in [0.1, 0.15) is 36.9 Å². The van der Waals surface area contributed by atoms with Gasteiger partial charge in [0.05, 0.1) is 13.2 Å². The van der Waals surface area contributed by atoms with Crippen LogP contribution in [0.25, 0.3) is 10.8 Å². The first kappa shape index (κ1) is 16.5. The number of hydrogen-bond acceptors (Lipinski definition) is 6. The lowest BCUT2D eigenvalue weighted by molar-refractivity contribution is 0.0532. The van der Waals surface area contributed by atoms with Gasteiger partial charge in [0.2, 0.25) is 0 Å². The zero-order chi connectivity index (χ0) is 15.9. The van der Waals surface area contributed by atoms with Crippen molar-refractivity contribution < 1.29 is 29.9 Å². The summed E-state index contributed by atoms with van der Waals surface area (Å²) in [6, 6.07) is 10.8. The smallest absolute Gasteiger partial charge is 0.127 e. The summed E-state index contributed by atoms with van der Waals surface area (Å²) in [7, 11) is 0. The highest BCUT2D eigenvalue weighted by atomic mass is 16.5. The van der Waals surface area contributed by atoms with E-state index in [2.05, 4.69) is 0 Å². The fourth-order valence-corrected chi connectivity index (χ4v) is 1.97. The number of benzene rings is 2. The number of aliphatic hydroxyl groups excluding tert-OH is 4. The van der Waals surface area contributed by atoms with Crippen molar-refractivity contribution in [3.05, 3.63) is 36.4 Å². The van der Waals surface area contributed by atoms with Gasteiger partial charge in [0, 0.05) is 10.8 Å². The van der Waals surface area contributed by atoms with E-state index in [1.165, 1.54) is 0 Å². The minimum atomic E-state index is -0.936. The van der Waals surface area contributed by atoms with Crippen LogP contribution in [0.1, 0.15) is 0 Å². The summed E-state index contributed by atoms with van der Waals surface area (Å²) in [4.78, 5) is 0. The Hall–Kier alpha value is -1.86. The van der Waals surface area contributed by atoms with Crippen LogP contribution in [0.2, 0.25) is 0 Å². The molecule has 0 saturated heterocycles. The third-order valence-corrected chi connectivity index (χ3v) is 3.13. The summed E-state index contributed by atoms with van der Waals surface area (Å²) in [6.45, 7) is -0.746. The van der Waals surface area contributed by atoms with Crippen molar-refractivity contribution in [3.8, 4) is 11.5 Å². The molecule has 0 aliphatic carbocycles. The van der Waals surface area contributed by atoms with Crippen molar-refractivity contribution in [1.29, 1.82) is 0 Å². The van der Waals surface area contributed by atoms with Crippen molar-refractivity contribution in [2.45, 2.75) is 12.2 Å². The first-order chi connectivity index (χ1) is 10.7. The number of hydrogen-bond donors (Lipinski definition) is 4. The predicted octanol–water partition coefficient (Wildman–Crippen LogP) is 0.304. The molecule has 0 spiro atoms. The standard InChI is InChI=1S/C16H20O6/c17-7-11(19)9-21-15-5-6-16(22-10-12(20)8-18)14-4-2-1-3-13(14)15/h1-6,11-12,17-20H,7-10H2. The van der Waals surface area contributed by atoms with Crippen LogP contribution in [-0.4, -0.2) is 59.1 Å². The Balaban J connectivity index is 2.22. The molecular formula is C16H20O6. The Morgan fingerprint density at radius 3 is 1.50 bits per heavy atom. The van der Waals surface area contributed by atoms with E-state index in [1.807, 2.05) is 24.3 Å². The molecule has 6 nitrogen and oxygen atoms in total. The molecule has 0 aliphatic heterocycles. The molecule has 4 N–H and O–H groups in total. The maximum absolute atomic E-state index is 9.37. The van der Waals surface area contributed by atoms with Gasteiger partial charge in [-0.25, -0.2) is 0 Å². The third kappa shape index (κ3) is 4.08. The molecule has 6 heteroatoms. The lowest BCUT2D eigenvalue weighted by atomic mass is 10.1. The minimum Gasteiger partial charge on any atom is -0.490 e. The van der Waals surface area contributed by atoms with E-state index >= 15 is 0 Å². The summed E-state index contributed by atoms with van der Waals surface area (Å²) in [5.41, 5.74) is 0. The lowest BCUT2D eigenvalue weighted by Gasteiger charge is -2.15. The second kappa shape index (κ2) is 7.95. The van der Waals surface area contributed by atoms with Gasteiger partial charge in [0.25, 0.3) is 0 Å². The van der Waals surface area contributed by atoms with Gasteiger partial charge in [-0.15, -0.1) is 0 Å². The van der Waals surface area contributed by atoms with Gasteiger partial charge in [-0.2, -0.15) is 0 Å². The Labute approximate surface area is 128 Å². The van der Waals surface area contributed by atoms with E-state index in [4.69, 9.17) is 19.7 Å². The number of aliphatic hydroxyl groups is 4. The summed E-state index contributed by atoms with van der Waals surface area (Å²) >= 11 is 0. The molecule has 2 aromatic rings. The first-order valence-corrected chi connectivity index (χ1v) is 7.01. The molecule has 0 saturated carbocycles. The van der Waals surface area contributed by atoms with Crippen LogP contribution < -0.4 is 9.47 Å². The van der Waals surface area contributed by atoms with Crippen molar-refractivity contribution in [3.63, 3.8) is 0 Å². The highest BCUT2D eigenvalue weighted by Crippen LogP contribution is 2.33. The van der Waals surface area contributed by atoms with Crippen LogP contribution in [-0.2, 0) is 0 Å². The van der Waals surface area contributed by atoms with Crippen molar-refractivity contribution in [2.24, 2.45) is 0 Å². The lowest BCUT2D eigenvalue weighted by Crippen LogP contribution is -2.22. The molecule has 2 rings (SSSR count). The Morgan fingerprint density at radius 2 is 1.14 bits per heavy atom. The van der Waals surface area contributed by atoms with Gasteiger partial charge >= 0.3 is 0 Å². The fraction of sp³-hybridized carbons (Fsp3) is 0.375. The summed E-state index contributed by atoms with van der Waals surface area (Å²) in [6.07, 6.45) is -1.87. The summed E-state index contributed by atoms with van der Waals surface area (Å²) in [5, 5.41) is 38.0. The van der Waals surface area contributed by atoms with Crippen LogP contribution >= 0.6 is 0 Å². The van der Waals surface area contributed by atoms with Gasteiger partial charge in [-0.05, 0) is 12.1 Å². The topological polar surface area (TPSA) is 99.4 Å². The van der Waals surface area contributed by atoms with Crippen LogP contribution in [0.3, 0.4) is 0 Å². The average Bonchev–Trinajstić information content (AvgIpc) is 2.57. The maximum Gasteiger partial charge on any atom is 0.127 e. The van der Waals surface area contributed by atoms with Gasteiger partial charge in [0.15, 0.2) is 0 Å². The van der Waals surface area contributed by atoms with Crippen LogP contribution in [0.5, 0.6) is 11.5 Å². The maximum atomic E-state index is 9.37. The van der Waals surface area contributed by atoms with E-state index in [9.17, 15) is 10.2 Å². The SMILES string of the molecule is OCC(O)COc1ccc(OCC(O)CO)c2ccccc12. The molecule has 0 heterocycles. The third-order valence-electron chi connectivity index (χ3n) is 3.13. The zero-order valence-corrected chi connectivity index (χ0v) is 12.1. The minimum absolute atomic E-state index is 0.01000.